The van der Waals surface area contributed by atoms with Crippen molar-refractivity contribution in [2.24, 2.45) is 4.99 Å². The summed E-state index contributed by atoms with van der Waals surface area (Å²) in [5, 5.41) is 6.80. The van der Waals surface area contributed by atoms with Crippen molar-refractivity contribution in [1.29, 1.82) is 0 Å². The first-order valence-corrected chi connectivity index (χ1v) is 9.79. The maximum atomic E-state index is 13.7. The molecule has 1 aliphatic rings. The summed E-state index contributed by atoms with van der Waals surface area (Å²) in [6.45, 7) is 9.08. The van der Waals surface area contributed by atoms with Gasteiger partial charge in [-0.3, -0.25) is 0 Å². The van der Waals surface area contributed by atoms with Crippen molar-refractivity contribution < 1.29 is 13.9 Å². The summed E-state index contributed by atoms with van der Waals surface area (Å²) in [6.07, 6.45) is 1.94. The minimum Gasteiger partial charge on any atom is -0.486 e. The standard InChI is InChI=1S/C20H33FN4O2.HI/c1-4-22-20(24-17-9-11-25(12-10-17)13-14-26-3)23-15-16(2)27-19-8-6-5-7-18(19)21;/h5-8,16-17H,4,9-15H2,1-3H3,(H2,22,23,24);1H. The fourth-order valence-corrected chi connectivity index (χ4v) is 3.05. The van der Waals surface area contributed by atoms with Crippen LogP contribution in [0.2, 0.25) is 0 Å². The third kappa shape index (κ3) is 8.91. The number of halogens is 2. The summed E-state index contributed by atoms with van der Waals surface area (Å²) in [4.78, 5) is 7.04. The van der Waals surface area contributed by atoms with Gasteiger partial charge >= 0.3 is 0 Å². The molecule has 0 amide bonds. The molecule has 0 saturated carbocycles. The predicted molar refractivity (Wildman–Crippen MR) is 122 cm³/mol. The molecule has 0 spiro atoms. The molecule has 0 bridgehead atoms. The summed E-state index contributed by atoms with van der Waals surface area (Å²) >= 11 is 0. The van der Waals surface area contributed by atoms with Crippen LogP contribution in [-0.2, 0) is 4.74 Å². The normalized spacial score (nSPS) is 16.9. The SMILES string of the molecule is CCNC(=NCC(C)Oc1ccccc1F)NC1CCN(CCOC)CC1.I. The maximum absolute atomic E-state index is 13.7. The molecule has 28 heavy (non-hydrogen) atoms. The molecule has 1 aromatic rings. The number of hydrogen-bond acceptors (Lipinski definition) is 4. The Kier molecular flexibility index (Phi) is 12.4. The Bertz CT molecular complexity index is 583. The number of guanidine groups is 1. The molecule has 0 aromatic heterocycles. The molecular formula is C20H34FIN4O2. The minimum absolute atomic E-state index is 0. The summed E-state index contributed by atoms with van der Waals surface area (Å²) in [5.41, 5.74) is 0. The van der Waals surface area contributed by atoms with Crippen LogP contribution in [0.15, 0.2) is 29.3 Å². The molecule has 1 unspecified atom stereocenters. The van der Waals surface area contributed by atoms with E-state index in [2.05, 4.69) is 20.5 Å². The van der Waals surface area contributed by atoms with E-state index in [1.807, 2.05) is 13.8 Å². The van der Waals surface area contributed by atoms with Gasteiger partial charge in [-0.15, -0.1) is 24.0 Å². The smallest absolute Gasteiger partial charge is 0.191 e. The van der Waals surface area contributed by atoms with Crippen LogP contribution in [0, 0.1) is 5.82 Å². The molecule has 2 N–H and O–H groups in total. The molecule has 160 valence electrons. The van der Waals surface area contributed by atoms with Gasteiger partial charge in [0, 0.05) is 39.3 Å². The highest BCUT2D eigenvalue weighted by Gasteiger charge is 2.19. The average Bonchev–Trinajstić information content (AvgIpc) is 2.67. The van der Waals surface area contributed by atoms with Gasteiger partial charge in [-0.1, -0.05) is 12.1 Å². The number of piperidine rings is 1. The van der Waals surface area contributed by atoms with Gasteiger partial charge in [0.2, 0.25) is 0 Å². The third-order valence-corrected chi connectivity index (χ3v) is 4.56. The summed E-state index contributed by atoms with van der Waals surface area (Å²) < 4.78 is 24.5. The van der Waals surface area contributed by atoms with Crippen molar-refractivity contribution in [3.8, 4) is 5.75 Å². The first-order chi connectivity index (χ1) is 13.1. The Labute approximate surface area is 185 Å². The van der Waals surface area contributed by atoms with Crippen molar-refractivity contribution in [2.75, 3.05) is 46.4 Å². The highest BCUT2D eigenvalue weighted by Crippen LogP contribution is 2.17. The number of benzene rings is 1. The Balaban J connectivity index is 0.00000392. The second-order valence-corrected chi connectivity index (χ2v) is 6.83. The number of nitrogens with zero attached hydrogens (tertiary/aromatic N) is 2. The summed E-state index contributed by atoms with van der Waals surface area (Å²) in [7, 11) is 1.74. The van der Waals surface area contributed by atoms with Crippen LogP contribution < -0.4 is 15.4 Å². The number of ether oxygens (including phenoxy) is 2. The van der Waals surface area contributed by atoms with Crippen LogP contribution in [0.3, 0.4) is 0 Å². The van der Waals surface area contributed by atoms with Crippen molar-refractivity contribution in [3.63, 3.8) is 0 Å². The molecule has 6 nitrogen and oxygen atoms in total. The van der Waals surface area contributed by atoms with Gasteiger partial charge in [-0.05, 0) is 38.8 Å². The van der Waals surface area contributed by atoms with Crippen molar-refractivity contribution in [1.82, 2.24) is 15.5 Å². The van der Waals surface area contributed by atoms with Crippen LogP contribution in [0.4, 0.5) is 4.39 Å². The van der Waals surface area contributed by atoms with Gasteiger partial charge < -0.3 is 25.0 Å². The first-order valence-electron chi connectivity index (χ1n) is 9.79. The van der Waals surface area contributed by atoms with Crippen LogP contribution >= 0.6 is 24.0 Å². The summed E-state index contributed by atoms with van der Waals surface area (Å²) in [6, 6.07) is 6.86. The van der Waals surface area contributed by atoms with Crippen molar-refractivity contribution in [2.45, 2.75) is 38.8 Å². The topological polar surface area (TPSA) is 58.1 Å². The number of likely N-dealkylation sites (tertiary alicyclic amines) is 1. The van der Waals surface area contributed by atoms with Crippen LogP contribution in [-0.4, -0.2) is 69.4 Å². The number of aliphatic imine (C=N–C) groups is 1. The first kappa shape index (κ1) is 24.9. The van der Waals surface area contributed by atoms with Gasteiger partial charge in [0.15, 0.2) is 17.5 Å². The Morgan fingerprint density at radius 3 is 2.68 bits per heavy atom. The lowest BCUT2D eigenvalue weighted by atomic mass is 10.1. The second-order valence-electron chi connectivity index (χ2n) is 6.83. The maximum Gasteiger partial charge on any atom is 0.191 e. The number of nitrogens with one attached hydrogen (secondary N) is 2. The van der Waals surface area contributed by atoms with Gasteiger partial charge in [-0.25, -0.2) is 9.38 Å². The van der Waals surface area contributed by atoms with E-state index < -0.39 is 0 Å². The Morgan fingerprint density at radius 1 is 1.32 bits per heavy atom. The number of rotatable bonds is 9. The lowest BCUT2D eigenvalue weighted by molar-refractivity contribution is 0.128. The number of methoxy groups -OCH3 is 1. The minimum atomic E-state index is -0.349. The quantitative estimate of drug-likeness (QED) is 0.305. The molecule has 1 aliphatic heterocycles. The monoisotopic (exact) mass is 508 g/mol. The zero-order valence-corrected chi connectivity index (χ0v) is 19.4. The van der Waals surface area contributed by atoms with Gasteiger partial charge in [0.25, 0.3) is 0 Å². The van der Waals surface area contributed by atoms with E-state index in [0.29, 0.717) is 12.6 Å². The fraction of sp³-hybridized carbons (Fsp3) is 0.650. The van der Waals surface area contributed by atoms with Gasteiger partial charge in [0.05, 0.1) is 13.2 Å². The zero-order valence-electron chi connectivity index (χ0n) is 17.1. The molecule has 1 aromatic carbocycles. The van der Waals surface area contributed by atoms with E-state index in [0.717, 1.165) is 51.6 Å². The molecule has 0 radical (unpaired) electrons. The van der Waals surface area contributed by atoms with Gasteiger partial charge in [0.1, 0.15) is 6.10 Å². The average molecular weight is 508 g/mol. The van der Waals surface area contributed by atoms with Crippen LogP contribution in [0.1, 0.15) is 26.7 Å². The van der Waals surface area contributed by atoms with Crippen LogP contribution in [0.25, 0.3) is 0 Å². The molecule has 1 fully saturated rings. The largest absolute Gasteiger partial charge is 0.486 e. The van der Waals surface area contributed by atoms with Crippen molar-refractivity contribution >= 4 is 29.9 Å². The Hall–Kier alpha value is -1.13. The lowest BCUT2D eigenvalue weighted by Crippen LogP contribution is -2.49. The van der Waals surface area contributed by atoms with E-state index in [4.69, 9.17) is 9.47 Å². The highest BCUT2D eigenvalue weighted by atomic mass is 127. The third-order valence-electron chi connectivity index (χ3n) is 4.56. The molecule has 1 atom stereocenters. The van der Waals surface area contributed by atoms with E-state index in [1.54, 1.807) is 25.3 Å². The van der Waals surface area contributed by atoms with E-state index >= 15 is 0 Å². The predicted octanol–water partition coefficient (Wildman–Crippen LogP) is 2.88. The molecule has 8 heteroatoms. The zero-order chi connectivity index (χ0) is 19.5. The molecule has 1 heterocycles. The van der Waals surface area contributed by atoms with Crippen LogP contribution in [0.5, 0.6) is 5.75 Å². The van der Waals surface area contributed by atoms with E-state index in [-0.39, 0.29) is 41.6 Å². The molecule has 1 saturated heterocycles. The fourth-order valence-electron chi connectivity index (χ4n) is 3.05. The highest BCUT2D eigenvalue weighted by molar-refractivity contribution is 14.0. The van der Waals surface area contributed by atoms with E-state index in [1.165, 1.54) is 6.07 Å². The molecular weight excluding hydrogens is 474 g/mol. The molecule has 0 aliphatic carbocycles. The van der Waals surface area contributed by atoms with E-state index in [9.17, 15) is 4.39 Å². The number of para-hydroxylation sites is 1. The summed E-state index contributed by atoms with van der Waals surface area (Å²) in [5.74, 6) is 0.706. The number of hydrogen-bond donors (Lipinski definition) is 2. The van der Waals surface area contributed by atoms with Gasteiger partial charge in [-0.2, -0.15) is 0 Å². The second kappa shape index (κ2) is 13.9. The van der Waals surface area contributed by atoms with Crippen molar-refractivity contribution in [3.05, 3.63) is 30.1 Å². The molecule has 2 rings (SSSR count). The lowest BCUT2D eigenvalue weighted by Gasteiger charge is -2.32. The Morgan fingerprint density at radius 2 is 2.04 bits per heavy atom.